The summed E-state index contributed by atoms with van der Waals surface area (Å²) >= 11 is 0. The number of carbonyl (C=O) groups excluding carboxylic acids is 1. The van der Waals surface area contributed by atoms with Crippen LogP contribution in [0.25, 0.3) is 11.0 Å². The molecule has 0 spiro atoms. The van der Waals surface area contributed by atoms with Crippen LogP contribution in [0.4, 0.5) is 4.39 Å². The number of ether oxygens (including phenoxy) is 2. The fraction of sp³-hybridized carbons (Fsp3) is 0.211. The number of furan rings is 1. The zero-order valence-corrected chi connectivity index (χ0v) is 13.6. The number of hydrogen-bond donors (Lipinski definition) is 0. The lowest BCUT2D eigenvalue weighted by molar-refractivity contribution is 0.0303. The molecule has 1 atom stereocenters. The van der Waals surface area contributed by atoms with E-state index in [9.17, 15) is 9.18 Å². The van der Waals surface area contributed by atoms with Gasteiger partial charge in [0.15, 0.2) is 0 Å². The Morgan fingerprint density at radius 3 is 2.54 bits per heavy atom. The molecule has 0 amide bonds. The van der Waals surface area contributed by atoms with Crippen molar-refractivity contribution in [2.45, 2.75) is 20.0 Å². The third-order valence-corrected chi connectivity index (χ3v) is 3.95. The minimum absolute atomic E-state index is 0.159. The molecule has 5 heteroatoms. The molecule has 0 fully saturated rings. The quantitative estimate of drug-likeness (QED) is 0.645. The van der Waals surface area contributed by atoms with Gasteiger partial charge >= 0.3 is 5.97 Å². The van der Waals surface area contributed by atoms with Gasteiger partial charge in [0.1, 0.15) is 23.3 Å². The summed E-state index contributed by atoms with van der Waals surface area (Å²) in [6, 6.07) is 11.2. The summed E-state index contributed by atoms with van der Waals surface area (Å²) in [7, 11) is 1.58. The second-order valence-electron chi connectivity index (χ2n) is 5.52. The van der Waals surface area contributed by atoms with Gasteiger partial charge in [0.05, 0.1) is 7.11 Å². The predicted molar refractivity (Wildman–Crippen MR) is 87.7 cm³/mol. The lowest BCUT2D eigenvalue weighted by Gasteiger charge is -2.12. The van der Waals surface area contributed by atoms with Crippen molar-refractivity contribution in [2.24, 2.45) is 0 Å². The Morgan fingerprint density at radius 1 is 1.17 bits per heavy atom. The smallest absolute Gasteiger partial charge is 0.375 e. The summed E-state index contributed by atoms with van der Waals surface area (Å²) in [5, 5.41) is 0.802. The van der Waals surface area contributed by atoms with Crippen molar-refractivity contribution in [1.82, 2.24) is 0 Å². The van der Waals surface area contributed by atoms with Crippen molar-refractivity contribution < 1.29 is 23.1 Å². The molecule has 0 saturated heterocycles. The van der Waals surface area contributed by atoms with Crippen molar-refractivity contribution in [2.75, 3.05) is 7.11 Å². The number of hydrogen-bond acceptors (Lipinski definition) is 4. The summed E-state index contributed by atoms with van der Waals surface area (Å²) in [6.45, 7) is 3.52. The zero-order chi connectivity index (χ0) is 17.3. The number of esters is 1. The number of rotatable bonds is 4. The number of methoxy groups -OCH3 is 1. The van der Waals surface area contributed by atoms with Crippen molar-refractivity contribution in [1.29, 1.82) is 0 Å². The van der Waals surface area contributed by atoms with Gasteiger partial charge in [-0.25, -0.2) is 9.18 Å². The SMILES string of the molecule is COc1ccc2oc(C(=O)O[C@H](C)c3ccc(F)cc3)c(C)c2c1. The van der Waals surface area contributed by atoms with Crippen molar-refractivity contribution in [3.05, 3.63) is 65.2 Å². The average molecular weight is 328 g/mol. The second-order valence-corrected chi connectivity index (χ2v) is 5.52. The van der Waals surface area contributed by atoms with Crippen LogP contribution in [-0.4, -0.2) is 13.1 Å². The van der Waals surface area contributed by atoms with Gasteiger partial charge < -0.3 is 13.9 Å². The minimum Gasteiger partial charge on any atom is -0.497 e. The van der Waals surface area contributed by atoms with E-state index in [4.69, 9.17) is 13.9 Å². The number of halogens is 1. The second kappa shape index (κ2) is 6.35. The molecule has 124 valence electrons. The van der Waals surface area contributed by atoms with Crippen molar-refractivity contribution in [3.63, 3.8) is 0 Å². The molecule has 0 aliphatic heterocycles. The Labute approximate surface area is 138 Å². The molecule has 3 aromatic rings. The molecular formula is C19H17FO4. The Hall–Kier alpha value is -2.82. The molecule has 24 heavy (non-hydrogen) atoms. The Kier molecular flexibility index (Phi) is 4.25. The number of fused-ring (bicyclic) bond motifs is 1. The Bertz CT molecular complexity index is 880. The van der Waals surface area contributed by atoms with E-state index in [2.05, 4.69) is 0 Å². The van der Waals surface area contributed by atoms with Gasteiger partial charge in [-0.2, -0.15) is 0 Å². The third kappa shape index (κ3) is 2.97. The predicted octanol–water partition coefficient (Wildman–Crippen LogP) is 4.81. The molecule has 0 unspecified atom stereocenters. The molecule has 1 heterocycles. The van der Waals surface area contributed by atoms with Crippen LogP contribution < -0.4 is 4.74 Å². The first kappa shape index (κ1) is 16.1. The van der Waals surface area contributed by atoms with Crippen molar-refractivity contribution in [3.8, 4) is 5.75 Å². The van der Waals surface area contributed by atoms with E-state index in [1.54, 1.807) is 45.2 Å². The van der Waals surface area contributed by atoms with E-state index in [1.165, 1.54) is 12.1 Å². The van der Waals surface area contributed by atoms with E-state index in [0.29, 0.717) is 22.5 Å². The highest BCUT2D eigenvalue weighted by Gasteiger charge is 2.22. The van der Waals surface area contributed by atoms with E-state index < -0.39 is 12.1 Å². The largest absolute Gasteiger partial charge is 0.497 e. The molecular weight excluding hydrogens is 311 g/mol. The highest BCUT2D eigenvalue weighted by Crippen LogP contribution is 2.30. The summed E-state index contributed by atoms with van der Waals surface area (Å²) in [5.74, 6) is -0.0444. The lowest BCUT2D eigenvalue weighted by Crippen LogP contribution is -2.09. The van der Waals surface area contributed by atoms with Crippen LogP contribution in [0.5, 0.6) is 5.75 Å². The fourth-order valence-electron chi connectivity index (χ4n) is 2.54. The standard InChI is InChI=1S/C19H17FO4/c1-11-16-10-15(22-3)8-9-17(16)24-18(11)19(21)23-12(2)13-4-6-14(20)7-5-13/h4-10,12H,1-3H3/t12-/m1/s1. The van der Waals surface area contributed by atoms with Crippen LogP contribution >= 0.6 is 0 Å². The molecule has 4 nitrogen and oxygen atoms in total. The topological polar surface area (TPSA) is 48.7 Å². The van der Waals surface area contributed by atoms with Crippen LogP contribution in [0.1, 0.15) is 34.7 Å². The van der Waals surface area contributed by atoms with Crippen LogP contribution in [0, 0.1) is 12.7 Å². The van der Waals surface area contributed by atoms with E-state index in [1.807, 2.05) is 6.07 Å². The van der Waals surface area contributed by atoms with Crippen LogP contribution in [0.2, 0.25) is 0 Å². The van der Waals surface area contributed by atoms with Gasteiger partial charge in [0.25, 0.3) is 0 Å². The maximum atomic E-state index is 13.0. The highest BCUT2D eigenvalue weighted by atomic mass is 19.1. The minimum atomic E-state index is -0.556. The molecule has 0 bridgehead atoms. The fourth-order valence-corrected chi connectivity index (χ4v) is 2.54. The van der Waals surface area contributed by atoms with E-state index in [0.717, 1.165) is 5.39 Å². The van der Waals surface area contributed by atoms with Crippen LogP contribution in [-0.2, 0) is 4.74 Å². The first-order chi connectivity index (χ1) is 11.5. The van der Waals surface area contributed by atoms with Gasteiger partial charge in [-0.15, -0.1) is 0 Å². The monoisotopic (exact) mass is 328 g/mol. The molecule has 2 aromatic carbocycles. The van der Waals surface area contributed by atoms with E-state index in [-0.39, 0.29) is 11.6 Å². The van der Waals surface area contributed by atoms with Gasteiger partial charge in [-0.05, 0) is 49.7 Å². The third-order valence-electron chi connectivity index (χ3n) is 3.95. The van der Waals surface area contributed by atoms with Crippen LogP contribution in [0.15, 0.2) is 46.9 Å². The maximum absolute atomic E-state index is 13.0. The van der Waals surface area contributed by atoms with Gasteiger partial charge in [-0.1, -0.05) is 12.1 Å². The van der Waals surface area contributed by atoms with Gasteiger partial charge in [-0.3, -0.25) is 0 Å². The summed E-state index contributed by atoms with van der Waals surface area (Å²) < 4.78 is 29.2. The summed E-state index contributed by atoms with van der Waals surface area (Å²) in [5.41, 5.74) is 2.00. The lowest BCUT2D eigenvalue weighted by atomic mass is 10.1. The van der Waals surface area contributed by atoms with Gasteiger partial charge in [0.2, 0.25) is 5.76 Å². The Morgan fingerprint density at radius 2 is 1.88 bits per heavy atom. The van der Waals surface area contributed by atoms with Crippen molar-refractivity contribution >= 4 is 16.9 Å². The molecule has 0 aliphatic carbocycles. The molecule has 1 aromatic heterocycles. The number of benzene rings is 2. The number of aryl methyl sites for hydroxylation is 1. The van der Waals surface area contributed by atoms with Crippen LogP contribution in [0.3, 0.4) is 0 Å². The normalized spacial score (nSPS) is 12.2. The summed E-state index contributed by atoms with van der Waals surface area (Å²) in [4.78, 5) is 12.4. The molecule has 0 N–H and O–H groups in total. The zero-order valence-electron chi connectivity index (χ0n) is 13.6. The first-order valence-electron chi connectivity index (χ1n) is 7.53. The molecule has 0 aliphatic rings. The average Bonchev–Trinajstić information content (AvgIpc) is 2.91. The maximum Gasteiger partial charge on any atom is 0.375 e. The molecule has 0 saturated carbocycles. The highest BCUT2D eigenvalue weighted by molar-refractivity contribution is 5.96. The molecule has 3 rings (SSSR count). The Balaban J connectivity index is 1.85. The first-order valence-corrected chi connectivity index (χ1v) is 7.53. The summed E-state index contributed by atoms with van der Waals surface area (Å²) in [6.07, 6.45) is -0.514. The molecule has 0 radical (unpaired) electrons. The van der Waals surface area contributed by atoms with E-state index >= 15 is 0 Å². The number of carbonyl (C=O) groups is 1. The van der Waals surface area contributed by atoms with Gasteiger partial charge in [0, 0.05) is 10.9 Å².